The van der Waals surface area contributed by atoms with Crippen LogP contribution in [0.2, 0.25) is 0 Å². The van der Waals surface area contributed by atoms with Crippen LogP contribution in [-0.2, 0) is 12.8 Å². The average Bonchev–Trinajstić information content (AvgIpc) is 2.96. The fraction of sp³-hybridized carbons (Fsp3) is 0.538. The number of nitrogens with zero attached hydrogens (tertiary/aromatic N) is 1. The van der Waals surface area contributed by atoms with E-state index in [4.69, 9.17) is 15.2 Å². The molecule has 0 amide bonds. The third kappa shape index (κ3) is 6.75. The number of benzene rings is 2. The summed E-state index contributed by atoms with van der Waals surface area (Å²) in [5, 5.41) is 0. The minimum absolute atomic E-state index is 0.342. The Morgan fingerprint density at radius 2 is 1.30 bits per heavy atom. The van der Waals surface area contributed by atoms with E-state index in [0.29, 0.717) is 6.04 Å². The van der Waals surface area contributed by atoms with E-state index < -0.39 is 0 Å². The Morgan fingerprint density at radius 3 is 1.77 bits per heavy atom. The molecule has 4 heteroatoms. The molecule has 2 N–H and O–H groups in total. The summed E-state index contributed by atoms with van der Waals surface area (Å²) in [5.74, 6) is 1.86. The van der Waals surface area contributed by atoms with Crippen LogP contribution in [0.15, 0.2) is 48.5 Å². The van der Waals surface area contributed by atoms with Crippen molar-refractivity contribution < 1.29 is 14.0 Å². The van der Waals surface area contributed by atoms with Crippen molar-refractivity contribution in [1.29, 1.82) is 0 Å². The highest BCUT2D eigenvalue weighted by molar-refractivity contribution is 5.27. The highest BCUT2D eigenvalue weighted by atomic mass is 16.5. The lowest BCUT2D eigenvalue weighted by Crippen LogP contribution is -2.54. The fourth-order valence-electron chi connectivity index (χ4n) is 4.87. The molecule has 4 nitrogen and oxygen atoms in total. The molecule has 1 heterocycles. The predicted octanol–water partition coefficient (Wildman–Crippen LogP) is 4.60. The number of likely N-dealkylation sites (tertiary alicyclic amines) is 1. The molecule has 30 heavy (non-hydrogen) atoms. The van der Waals surface area contributed by atoms with Gasteiger partial charge in [-0.15, -0.1) is 0 Å². The van der Waals surface area contributed by atoms with Crippen molar-refractivity contribution in [3.63, 3.8) is 0 Å². The van der Waals surface area contributed by atoms with E-state index in [-0.39, 0.29) is 0 Å². The summed E-state index contributed by atoms with van der Waals surface area (Å²) in [4.78, 5) is 0. The maximum Gasteiger partial charge on any atom is 0.118 e. The molecule has 0 aromatic heterocycles. The summed E-state index contributed by atoms with van der Waals surface area (Å²) in [6.45, 7) is 4.86. The first-order chi connectivity index (χ1) is 14.6. The van der Waals surface area contributed by atoms with Gasteiger partial charge >= 0.3 is 0 Å². The first kappa shape index (κ1) is 22.6. The summed E-state index contributed by atoms with van der Waals surface area (Å²) < 4.78 is 11.7. The van der Waals surface area contributed by atoms with E-state index in [9.17, 15) is 0 Å². The molecular weight excluding hydrogens is 372 g/mol. The molecule has 0 saturated carbocycles. The largest absolute Gasteiger partial charge is 0.497 e. The van der Waals surface area contributed by atoms with E-state index in [0.717, 1.165) is 30.9 Å². The van der Waals surface area contributed by atoms with Crippen molar-refractivity contribution in [3.8, 4) is 11.5 Å². The van der Waals surface area contributed by atoms with Crippen LogP contribution in [0.4, 0.5) is 0 Å². The molecule has 0 radical (unpaired) electrons. The van der Waals surface area contributed by atoms with Gasteiger partial charge in [0.25, 0.3) is 0 Å². The Balaban J connectivity index is 1.56. The zero-order valence-electron chi connectivity index (χ0n) is 18.8. The number of nitrogens with two attached hydrogens (primary N) is 1. The summed E-state index contributed by atoms with van der Waals surface area (Å²) in [7, 11) is 3.44. The van der Waals surface area contributed by atoms with Gasteiger partial charge in [0, 0.05) is 12.8 Å². The minimum Gasteiger partial charge on any atom is -0.497 e. The van der Waals surface area contributed by atoms with Gasteiger partial charge in [0.1, 0.15) is 11.5 Å². The van der Waals surface area contributed by atoms with Gasteiger partial charge in [-0.05, 0) is 67.5 Å². The summed E-state index contributed by atoms with van der Waals surface area (Å²) in [5.41, 5.74) is 9.29. The minimum atomic E-state index is 0.342. The quantitative estimate of drug-likeness (QED) is 0.581. The second kappa shape index (κ2) is 11.4. The van der Waals surface area contributed by atoms with E-state index in [1.165, 1.54) is 67.3 Å². The highest BCUT2D eigenvalue weighted by Gasteiger charge is 2.31. The SMILES string of the molecule is COc1ccc(CCC[N+]2(CCCc3ccc(OC)cc3)CCCCC(N)C2)cc1. The Morgan fingerprint density at radius 1 is 0.800 bits per heavy atom. The molecular formula is C26H39N2O2+. The molecule has 164 valence electrons. The van der Waals surface area contributed by atoms with Gasteiger partial charge in [-0.2, -0.15) is 0 Å². The van der Waals surface area contributed by atoms with E-state index in [2.05, 4.69) is 48.5 Å². The molecule has 2 aromatic rings. The van der Waals surface area contributed by atoms with Crippen LogP contribution in [0.5, 0.6) is 11.5 Å². The highest BCUT2D eigenvalue weighted by Crippen LogP contribution is 2.22. The number of aryl methyl sites for hydroxylation is 2. The van der Waals surface area contributed by atoms with Crippen LogP contribution >= 0.6 is 0 Å². The topological polar surface area (TPSA) is 44.5 Å². The van der Waals surface area contributed by atoms with E-state index in [1.807, 2.05) is 0 Å². The molecule has 1 aliphatic heterocycles. The van der Waals surface area contributed by atoms with Gasteiger partial charge in [-0.1, -0.05) is 24.3 Å². The van der Waals surface area contributed by atoms with Gasteiger partial charge in [0.05, 0.1) is 46.4 Å². The molecule has 2 aromatic carbocycles. The van der Waals surface area contributed by atoms with Crippen LogP contribution in [0.1, 0.15) is 43.2 Å². The summed E-state index contributed by atoms with van der Waals surface area (Å²) in [6.07, 6.45) is 8.42. The van der Waals surface area contributed by atoms with Crippen molar-refractivity contribution in [2.24, 2.45) is 5.73 Å². The zero-order chi connectivity index (χ0) is 21.2. The lowest BCUT2D eigenvalue weighted by Gasteiger charge is -2.39. The van der Waals surface area contributed by atoms with Gasteiger partial charge in [-0.3, -0.25) is 0 Å². The Hall–Kier alpha value is -2.04. The van der Waals surface area contributed by atoms with Crippen LogP contribution in [-0.4, -0.2) is 50.9 Å². The zero-order valence-corrected chi connectivity index (χ0v) is 18.8. The number of quaternary nitrogens is 1. The molecule has 0 spiro atoms. The van der Waals surface area contributed by atoms with Gasteiger partial charge in [-0.25, -0.2) is 0 Å². The molecule has 3 rings (SSSR count). The predicted molar refractivity (Wildman–Crippen MR) is 124 cm³/mol. The molecule has 1 unspecified atom stereocenters. The second-order valence-electron chi connectivity index (χ2n) is 8.85. The standard InChI is InChI=1S/C26H39N2O2/c1-29-25-14-10-22(11-15-25)7-5-19-28(18-4-3-9-24(27)21-28)20-6-8-23-12-16-26(30-2)17-13-23/h10-17,24H,3-9,18-21,27H2,1-2H3/q+1. The Bertz CT molecular complexity index is 689. The third-order valence-corrected chi connectivity index (χ3v) is 6.59. The monoisotopic (exact) mass is 411 g/mol. The van der Waals surface area contributed by atoms with Crippen LogP contribution in [0.25, 0.3) is 0 Å². The first-order valence-electron chi connectivity index (χ1n) is 11.5. The van der Waals surface area contributed by atoms with E-state index >= 15 is 0 Å². The van der Waals surface area contributed by atoms with Crippen molar-refractivity contribution in [1.82, 2.24) is 0 Å². The average molecular weight is 412 g/mol. The number of rotatable bonds is 10. The van der Waals surface area contributed by atoms with Crippen LogP contribution in [0.3, 0.4) is 0 Å². The second-order valence-corrected chi connectivity index (χ2v) is 8.85. The normalized spacial score (nSPS) is 18.6. The number of hydrogen-bond donors (Lipinski definition) is 1. The van der Waals surface area contributed by atoms with Crippen molar-refractivity contribution in [2.75, 3.05) is 40.4 Å². The van der Waals surface area contributed by atoms with Crippen molar-refractivity contribution in [2.45, 2.75) is 51.0 Å². The van der Waals surface area contributed by atoms with Gasteiger partial charge in [0.2, 0.25) is 0 Å². The molecule has 1 aliphatic rings. The van der Waals surface area contributed by atoms with Crippen molar-refractivity contribution >= 4 is 0 Å². The maximum atomic E-state index is 6.50. The summed E-state index contributed by atoms with van der Waals surface area (Å²) in [6, 6.07) is 17.4. The molecule has 1 atom stereocenters. The Kier molecular flexibility index (Phi) is 8.59. The van der Waals surface area contributed by atoms with Crippen LogP contribution < -0.4 is 15.2 Å². The van der Waals surface area contributed by atoms with E-state index in [1.54, 1.807) is 14.2 Å². The number of ether oxygens (including phenoxy) is 2. The van der Waals surface area contributed by atoms with Crippen molar-refractivity contribution in [3.05, 3.63) is 59.7 Å². The van der Waals surface area contributed by atoms with Crippen LogP contribution in [0, 0.1) is 0 Å². The number of methoxy groups -OCH3 is 2. The lowest BCUT2D eigenvalue weighted by atomic mass is 10.1. The Labute approximate surface area is 182 Å². The third-order valence-electron chi connectivity index (χ3n) is 6.59. The molecule has 1 saturated heterocycles. The molecule has 0 bridgehead atoms. The van der Waals surface area contributed by atoms with Gasteiger partial charge < -0.3 is 19.7 Å². The fourth-order valence-corrected chi connectivity index (χ4v) is 4.87. The molecule has 1 fully saturated rings. The number of hydrogen-bond acceptors (Lipinski definition) is 3. The smallest absolute Gasteiger partial charge is 0.118 e. The summed E-state index contributed by atoms with van der Waals surface area (Å²) >= 11 is 0. The lowest BCUT2D eigenvalue weighted by molar-refractivity contribution is -0.928. The maximum absolute atomic E-state index is 6.50. The van der Waals surface area contributed by atoms with Gasteiger partial charge in [0.15, 0.2) is 0 Å². The first-order valence-corrected chi connectivity index (χ1v) is 11.5. The molecule has 0 aliphatic carbocycles.